The van der Waals surface area contributed by atoms with E-state index in [0.717, 1.165) is 38.8 Å². The second-order valence-corrected chi connectivity index (χ2v) is 4.53. The predicted octanol–water partition coefficient (Wildman–Crippen LogP) is 1.05. The summed E-state index contributed by atoms with van der Waals surface area (Å²) in [6.45, 7) is 4.61. The van der Waals surface area contributed by atoms with Crippen molar-refractivity contribution < 1.29 is 9.59 Å². The lowest BCUT2D eigenvalue weighted by atomic mass is 10.3. The molecule has 1 saturated heterocycles. The molecule has 0 bridgehead atoms. The van der Waals surface area contributed by atoms with E-state index in [1.807, 2.05) is 4.90 Å². The molecule has 1 fully saturated rings. The number of carbonyl (C=O) groups is 2. The molecule has 0 radical (unpaired) electrons. The topological polar surface area (TPSA) is 52.7 Å². The average Bonchev–Trinajstić information content (AvgIpc) is 2.82. The van der Waals surface area contributed by atoms with E-state index >= 15 is 0 Å². The number of hydrogen-bond donors (Lipinski definition) is 1. The zero-order valence-corrected chi connectivity index (χ0v) is 10.9. The van der Waals surface area contributed by atoms with Gasteiger partial charge in [0, 0.05) is 26.7 Å². The van der Waals surface area contributed by atoms with E-state index in [9.17, 15) is 9.59 Å². The van der Waals surface area contributed by atoms with Crippen LogP contribution in [0.25, 0.3) is 0 Å². The smallest absolute Gasteiger partial charge is 0.317 e. The van der Waals surface area contributed by atoms with Gasteiger partial charge >= 0.3 is 6.03 Å². The molecule has 0 atom stereocenters. The molecule has 1 heterocycles. The molecule has 0 unspecified atom stereocenters. The van der Waals surface area contributed by atoms with E-state index in [0.29, 0.717) is 6.54 Å². The highest BCUT2D eigenvalue weighted by molar-refractivity contribution is 5.84. The third kappa shape index (κ3) is 4.63. The van der Waals surface area contributed by atoms with Crippen LogP contribution in [0.2, 0.25) is 0 Å². The molecular weight excluding hydrogens is 218 g/mol. The molecule has 98 valence electrons. The van der Waals surface area contributed by atoms with Crippen LogP contribution in [0, 0.1) is 0 Å². The number of nitrogens with one attached hydrogen (secondary N) is 1. The lowest BCUT2D eigenvalue weighted by Crippen LogP contribution is -2.44. The van der Waals surface area contributed by atoms with Crippen LogP contribution in [-0.2, 0) is 4.79 Å². The zero-order chi connectivity index (χ0) is 12.7. The first-order valence-electron chi connectivity index (χ1n) is 6.42. The standard InChI is InChI=1S/C12H23N3O2/c1-3-4-7-13-12(17)14(2)10-11(16)15-8-5-6-9-15/h3-10H2,1-2H3,(H,13,17). The van der Waals surface area contributed by atoms with Gasteiger partial charge in [0.05, 0.1) is 0 Å². The van der Waals surface area contributed by atoms with Crippen LogP contribution < -0.4 is 5.32 Å². The molecule has 1 aliphatic heterocycles. The van der Waals surface area contributed by atoms with Crippen molar-refractivity contribution in [2.45, 2.75) is 32.6 Å². The van der Waals surface area contributed by atoms with Crippen LogP contribution in [-0.4, -0.2) is 55.0 Å². The number of likely N-dealkylation sites (tertiary alicyclic amines) is 1. The minimum Gasteiger partial charge on any atom is -0.341 e. The molecule has 0 aromatic carbocycles. The molecule has 0 saturated carbocycles. The van der Waals surface area contributed by atoms with Gasteiger partial charge in [-0.25, -0.2) is 4.79 Å². The van der Waals surface area contributed by atoms with Crippen LogP contribution in [0.3, 0.4) is 0 Å². The molecule has 1 rings (SSSR count). The Morgan fingerprint density at radius 2 is 1.94 bits per heavy atom. The Morgan fingerprint density at radius 1 is 1.29 bits per heavy atom. The molecule has 0 aromatic rings. The number of likely N-dealkylation sites (N-methyl/N-ethyl adjacent to an activating group) is 1. The fourth-order valence-corrected chi connectivity index (χ4v) is 1.85. The molecule has 0 spiro atoms. The van der Waals surface area contributed by atoms with E-state index in [1.54, 1.807) is 7.05 Å². The van der Waals surface area contributed by atoms with Crippen molar-refractivity contribution in [1.82, 2.24) is 15.1 Å². The first kappa shape index (κ1) is 13.8. The first-order chi connectivity index (χ1) is 8.15. The second-order valence-electron chi connectivity index (χ2n) is 4.53. The third-order valence-corrected chi connectivity index (χ3v) is 2.98. The summed E-state index contributed by atoms with van der Waals surface area (Å²) in [6.07, 6.45) is 4.19. The van der Waals surface area contributed by atoms with Crippen LogP contribution in [0.1, 0.15) is 32.6 Å². The third-order valence-electron chi connectivity index (χ3n) is 2.98. The summed E-state index contributed by atoms with van der Waals surface area (Å²) in [6, 6.07) is -0.161. The van der Waals surface area contributed by atoms with Gasteiger partial charge in [-0.05, 0) is 19.3 Å². The Balaban J connectivity index is 2.24. The minimum atomic E-state index is -0.161. The number of hydrogen-bond acceptors (Lipinski definition) is 2. The summed E-state index contributed by atoms with van der Waals surface area (Å²) in [7, 11) is 1.66. The van der Waals surface area contributed by atoms with Crippen LogP contribution in [0.15, 0.2) is 0 Å². The van der Waals surface area contributed by atoms with Gasteiger partial charge in [-0.1, -0.05) is 13.3 Å². The van der Waals surface area contributed by atoms with Crippen LogP contribution >= 0.6 is 0 Å². The molecule has 0 aromatic heterocycles. The molecule has 17 heavy (non-hydrogen) atoms. The van der Waals surface area contributed by atoms with E-state index < -0.39 is 0 Å². The molecular formula is C12H23N3O2. The van der Waals surface area contributed by atoms with Crippen LogP contribution in [0.4, 0.5) is 4.79 Å². The number of amides is 3. The van der Waals surface area contributed by atoms with Gasteiger partial charge in [0.15, 0.2) is 0 Å². The molecule has 1 aliphatic rings. The normalized spacial score (nSPS) is 14.8. The van der Waals surface area contributed by atoms with Crippen molar-refractivity contribution in [1.29, 1.82) is 0 Å². The number of nitrogens with zero attached hydrogens (tertiary/aromatic N) is 2. The summed E-state index contributed by atoms with van der Waals surface area (Å²) in [5.41, 5.74) is 0. The molecule has 5 heteroatoms. The Kier molecular flexibility index (Phi) is 5.80. The minimum absolute atomic E-state index is 0.0515. The molecule has 3 amide bonds. The monoisotopic (exact) mass is 241 g/mol. The zero-order valence-electron chi connectivity index (χ0n) is 10.9. The molecule has 5 nitrogen and oxygen atoms in total. The van der Waals surface area contributed by atoms with Gasteiger partial charge in [0.2, 0.25) is 5.91 Å². The predicted molar refractivity (Wildman–Crippen MR) is 66.8 cm³/mol. The maximum absolute atomic E-state index is 11.8. The summed E-state index contributed by atoms with van der Waals surface area (Å²) in [5.74, 6) is 0.0515. The van der Waals surface area contributed by atoms with Gasteiger partial charge in [0.1, 0.15) is 6.54 Å². The van der Waals surface area contributed by atoms with Gasteiger partial charge in [-0.3, -0.25) is 4.79 Å². The first-order valence-corrected chi connectivity index (χ1v) is 6.42. The lowest BCUT2D eigenvalue weighted by molar-refractivity contribution is -0.130. The van der Waals surface area contributed by atoms with Crippen molar-refractivity contribution in [2.75, 3.05) is 33.2 Å². The highest BCUT2D eigenvalue weighted by Crippen LogP contribution is 2.07. The molecule has 1 N–H and O–H groups in total. The number of carbonyl (C=O) groups excluding carboxylic acids is 2. The van der Waals surface area contributed by atoms with Crippen molar-refractivity contribution in [3.05, 3.63) is 0 Å². The van der Waals surface area contributed by atoms with Crippen LogP contribution in [0.5, 0.6) is 0 Å². The highest BCUT2D eigenvalue weighted by Gasteiger charge is 2.20. The summed E-state index contributed by atoms with van der Waals surface area (Å²) in [4.78, 5) is 26.7. The Labute approximate surface area is 103 Å². The van der Waals surface area contributed by atoms with E-state index in [1.165, 1.54) is 4.90 Å². The van der Waals surface area contributed by atoms with Gasteiger partial charge in [0.25, 0.3) is 0 Å². The summed E-state index contributed by atoms with van der Waals surface area (Å²) in [5, 5.41) is 2.80. The Hall–Kier alpha value is -1.26. The second kappa shape index (κ2) is 7.14. The maximum atomic E-state index is 11.8. The van der Waals surface area contributed by atoms with Crippen molar-refractivity contribution in [3.8, 4) is 0 Å². The SMILES string of the molecule is CCCCNC(=O)N(C)CC(=O)N1CCCC1. The Bertz CT molecular complexity index is 262. The van der Waals surface area contributed by atoms with E-state index in [-0.39, 0.29) is 18.5 Å². The highest BCUT2D eigenvalue weighted by atomic mass is 16.2. The quantitative estimate of drug-likeness (QED) is 0.731. The van der Waals surface area contributed by atoms with Crippen molar-refractivity contribution >= 4 is 11.9 Å². The summed E-state index contributed by atoms with van der Waals surface area (Å²) < 4.78 is 0. The van der Waals surface area contributed by atoms with Gasteiger partial charge in [-0.2, -0.15) is 0 Å². The van der Waals surface area contributed by atoms with Gasteiger partial charge in [-0.15, -0.1) is 0 Å². The number of unbranched alkanes of at least 4 members (excludes halogenated alkanes) is 1. The largest absolute Gasteiger partial charge is 0.341 e. The number of rotatable bonds is 5. The fourth-order valence-electron chi connectivity index (χ4n) is 1.85. The van der Waals surface area contributed by atoms with E-state index in [2.05, 4.69) is 12.2 Å². The lowest BCUT2D eigenvalue weighted by Gasteiger charge is -2.21. The van der Waals surface area contributed by atoms with E-state index in [4.69, 9.17) is 0 Å². The molecule has 0 aliphatic carbocycles. The Morgan fingerprint density at radius 3 is 2.53 bits per heavy atom. The van der Waals surface area contributed by atoms with Gasteiger partial charge < -0.3 is 15.1 Å². The van der Waals surface area contributed by atoms with Crippen molar-refractivity contribution in [2.24, 2.45) is 0 Å². The summed E-state index contributed by atoms with van der Waals surface area (Å²) >= 11 is 0. The van der Waals surface area contributed by atoms with Crippen molar-refractivity contribution in [3.63, 3.8) is 0 Å². The maximum Gasteiger partial charge on any atom is 0.317 e. The average molecular weight is 241 g/mol. The number of urea groups is 1. The fraction of sp³-hybridized carbons (Fsp3) is 0.833.